The van der Waals surface area contributed by atoms with Crippen LogP contribution in [0.4, 0.5) is 0 Å². The molecule has 0 saturated carbocycles. The van der Waals surface area contributed by atoms with Crippen LogP contribution in [-0.2, 0) is 11.2 Å². The molecule has 0 spiro atoms. The summed E-state index contributed by atoms with van der Waals surface area (Å²) in [6.45, 7) is 0. The first-order valence-electron chi connectivity index (χ1n) is 6.40. The summed E-state index contributed by atoms with van der Waals surface area (Å²) in [5.41, 5.74) is 6.43. The van der Waals surface area contributed by atoms with Crippen molar-refractivity contribution in [2.75, 3.05) is 0 Å². The largest absolute Gasteiger partial charge is 0.507 e. The summed E-state index contributed by atoms with van der Waals surface area (Å²) >= 11 is 6.33. The standard InChI is InChI=1S/C15H12I3NO4.2ClH/c16-9-6-8(1-2-13(9)20)23-14-10(17)3-7(4-11(14)18)5-12(19)15(21)22;;/h1-4,6,12,20H,5,19H2,(H,21,22);2*1H/t12-;;/m0../s1. The van der Waals surface area contributed by atoms with Crippen molar-refractivity contribution < 1.29 is 19.7 Å². The molecule has 2 rings (SSSR count). The molecule has 0 aliphatic carbocycles. The molecule has 2 aromatic rings. The van der Waals surface area contributed by atoms with Gasteiger partial charge < -0.3 is 20.7 Å². The molecule has 0 radical (unpaired) electrons. The highest BCUT2D eigenvalue weighted by Crippen LogP contribution is 2.34. The Morgan fingerprint density at radius 1 is 1.08 bits per heavy atom. The van der Waals surface area contributed by atoms with Crippen LogP contribution >= 0.6 is 92.6 Å². The maximum atomic E-state index is 10.9. The van der Waals surface area contributed by atoms with Crippen molar-refractivity contribution in [1.82, 2.24) is 0 Å². The first-order chi connectivity index (χ1) is 10.8. The van der Waals surface area contributed by atoms with Crippen molar-refractivity contribution in [2.45, 2.75) is 12.5 Å². The second-order valence-corrected chi connectivity index (χ2v) is 8.24. The Labute approximate surface area is 198 Å². The van der Waals surface area contributed by atoms with Gasteiger partial charge in [-0.15, -0.1) is 24.8 Å². The summed E-state index contributed by atoms with van der Waals surface area (Å²) in [7, 11) is 0. The first-order valence-corrected chi connectivity index (χ1v) is 9.64. The van der Waals surface area contributed by atoms with E-state index in [1.807, 2.05) is 34.7 Å². The number of carboxylic acid groups (broad SMARTS) is 1. The molecule has 10 heteroatoms. The summed E-state index contributed by atoms with van der Waals surface area (Å²) in [6, 6.07) is 7.83. The number of hydrogen-bond acceptors (Lipinski definition) is 4. The van der Waals surface area contributed by atoms with Gasteiger partial charge in [0.2, 0.25) is 0 Å². The Kier molecular flexibility index (Phi) is 11.3. The number of carboxylic acids is 1. The Balaban J connectivity index is 0.00000288. The number of phenols is 1. The molecule has 0 fully saturated rings. The van der Waals surface area contributed by atoms with E-state index < -0.39 is 12.0 Å². The predicted octanol–water partition coefficient (Wildman–Crippen LogP) is 4.80. The third-order valence-electron chi connectivity index (χ3n) is 2.97. The maximum Gasteiger partial charge on any atom is 0.320 e. The van der Waals surface area contributed by atoms with Crippen molar-refractivity contribution in [1.29, 1.82) is 0 Å². The van der Waals surface area contributed by atoms with Crippen molar-refractivity contribution in [3.8, 4) is 17.2 Å². The molecule has 0 amide bonds. The first kappa shape index (κ1) is 25.2. The number of nitrogens with two attached hydrogens (primary N) is 1. The monoisotopic (exact) mass is 723 g/mol. The lowest BCUT2D eigenvalue weighted by Crippen LogP contribution is -2.32. The predicted molar refractivity (Wildman–Crippen MR) is 127 cm³/mol. The summed E-state index contributed by atoms with van der Waals surface area (Å²) in [6.07, 6.45) is 0.263. The van der Waals surface area contributed by atoms with Crippen molar-refractivity contribution in [2.24, 2.45) is 5.73 Å². The molecule has 0 aliphatic heterocycles. The number of carbonyl (C=O) groups is 1. The van der Waals surface area contributed by atoms with Gasteiger partial charge in [0, 0.05) is 0 Å². The van der Waals surface area contributed by atoms with Crippen LogP contribution in [-0.4, -0.2) is 22.2 Å². The second kappa shape index (κ2) is 11.2. The number of hydrogen-bond donors (Lipinski definition) is 3. The van der Waals surface area contributed by atoms with Crippen LogP contribution in [0.1, 0.15) is 5.56 Å². The van der Waals surface area contributed by atoms with Crippen LogP contribution in [0.5, 0.6) is 17.2 Å². The van der Waals surface area contributed by atoms with E-state index in [0.29, 0.717) is 15.1 Å². The van der Waals surface area contributed by atoms with Crippen LogP contribution in [0.25, 0.3) is 0 Å². The summed E-state index contributed by atoms with van der Waals surface area (Å²) in [5, 5.41) is 18.5. The second-order valence-electron chi connectivity index (χ2n) is 4.75. The molecule has 0 unspecified atom stereocenters. The average Bonchev–Trinajstić information content (AvgIpc) is 2.46. The molecule has 5 nitrogen and oxygen atoms in total. The Morgan fingerprint density at radius 3 is 2.12 bits per heavy atom. The minimum absolute atomic E-state index is 0. The summed E-state index contributed by atoms with van der Waals surface area (Å²) < 4.78 is 8.34. The highest BCUT2D eigenvalue weighted by atomic mass is 127. The molecule has 0 aromatic heterocycles. The topological polar surface area (TPSA) is 92.8 Å². The van der Waals surface area contributed by atoms with Gasteiger partial charge in [0.1, 0.15) is 17.5 Å². The summed E-state index contributed by atoms with van der Waals surface area (Å²) in [4.78, 5) is 10.9. The highest BCUT2D eigenvalue weighted by Gasteiger charge is 2.16. The molecule has 0 aliphatic rings. The van der Waals surface area contributed by atoms with E-state index in [1.165, 1.54) is 0 Å². The molecule has 0 heterocycles. The van der Waals surface area contributed by atoms with Gasteiger partial charge in [0.15, 0.2) is 5.75 Å². The maximum absolute atomic E-state index is 10.9. The molecule has 138 valence electrons. The van der Waals surface area contributed by atoms with Gasteiger partial charge in [-0.05, 0) is 110 Å². The third-order valence-corrected chi connectivity index (χ3v) is 5.44. The van der Waals surface area contributed by atoms with Crippen LogP contribution < -0.4 is 10.5 Å². The minimum atomic E-state index is -1.02. The molecule has 4 N–H and O–H groups in total. The number of aliphatic carboxylic acids is 1. The molecule has 0 bridgehead atoms. The zero-order valence-corrected chi connectivity index (χ0v) is 20.5. The third kappa shape index (κ3) is 7.05. The number of ether oxygens (including phenoxy) is 1. The Hall–Kier alpha value is 0.240. The quantitative estimate of drug-likeness (QED) is 0.386. The van der Waals surface area contributed by atoms with E-state index in [0.717, 1.165) is 12.7 Å². The number of rotatable bonds is 5. The van der Waals surface area contributed by atoms with Gasteiger partial charge in [-0.2, -0.15) is 0 Å². The van der Waals surface area contributed by atoms with E-state index in [9.17, 15) is 9.90 Å². The van der Waals surface area contributed by atoms with Crippen molar-refractivity contribution >= 4 is 98.6 Å². The van der Waals surface area contributed by atoms with E-state index in [1.54, 1.807) is 18.2 Å². The lowest BCUT2D eigenvalue weighted by atomic mass is 10.1. The summed E-state index contributed by atoms with van der Waals surface area (Å²) in [5.74, 6) is 0.507. The number of aromatic hydroxyl groups is 1. The lowest BCUT2D eigenvalue weighted by molar-refractivity contribution is -0.138. The molecule has 25 heavy (non-hydrogen) atoms. The normalized spacial score (nSPS) is 11.0. The van der Waals surface area contributed by atoms with Gasteiger partial charge in [0.05, 0.1) is 10.7 Å². The molecule has 1 atom stereocenters. The van der Waals surface area contributed by atoms with Crippen LogP contribution in [0.2, 0.25) is 0 Å². The van der Waals surface area contributed by atoms with Gasteiger partial charge in [0.25, 0.3) is 0 Å². The molecule has 0 saturated heterocycles. The fourth-order valence-corrected chi connectivity index (χ4v) is 4.44. The van der Waals surface area contributed by atoms with E-state index in [4.69, 9.17) is 15.6 Å². The Bertz CT molecular complexity index is 739. The van der Waals surface area contributed by atoms with Crippen molar-refractivity contribution in [3.05, 3.63) is 46.6 Å². The van der Waals surface area contributed by atoms with Gasteiger partial charge in [-0.25, -0.2) is 0 Å². The number of halogens is 5. The molecule has 2 aromatic carbocycles. The average molecular weight is 724 g/mol. The number of phenolic OH excluding ortho intramolecular Hbond substituents is 1. The number of benzene rings is 2. The van der Waals surface area contributed by atoms with Gasteiger partial charge in [-0.1, -0.05) is 0 Å². The van der Waals surface area contributed by atoms with E-state index in [2.05, 4.69) is 45.2 Å². The van der Waals surface area contributed by atoms with Crippen LogP contribution in [0.15, 0.2) is 30.3 Å². The van der Waals surface area contributed by atoms with Crippen LogP contribution in [0, 0.1) is 10.7 Å². The fourth-order valence-electron chi connectivity index (χ4n) is 1.84. The van der Waals surface area contributed by atoms with Gasteiger partial charge in [-0.3, -0.25) is 4.79 Å². The highest BCUT2D eigenvalue weighted by molar-refractivity contribution is 14.1. The van der Waals surface area contributed by atoms with Crippen LogP contribution in [0.3, 0.4) is 0 Å². The molecular weight excluding hydrogens is 710 g/mol. The molecular formula is C15H14Cl2I3NO4. The smallest absolute Gasteiger partial charge is 0.320 e. The van der Waals surface area contributed by atoms with E-state index >= 15 is 0 Å². The SMILES string of the molecule is Cl.Cl.N[C@@H](Cc1cc(I)c(Oc2ccc(O)c(I)c2)c(I)c1)C(=O)O. The zero-order chi connectivity index (χ0) is 17.1. The minimum Gasteiger partial charge on any atom is -0.507 e. The Morgan fingerprint density at radius 2 is 1.64 bits per heavy atom. The lowest BCUT2D eigenvalue weighted by Gasteiger charge is -2.13. The van der Waals surface area contributed by atoms with Gasteiger partial charge >= 0.3 is 5.97 Å². The van der Waals surface area contributed by atoms with Crippen molar-refractivity contribution in [3.63, 3.8) is 0 Å². The zero-order valence-electron chi connectivity index (χ0n) is 12.4. The fraction of sp³-hybridized carbons (Fsp3) is 0.133. The van der Waals surface area contributed by atoms with E-state index in [-0.39, 0.29) is 37.0 Å².